The molecule has 1 fully saturated rings. The molecule has 0 radical (unpaired) electrons. The maximum absolute atomic E-state index is 5.67. The van der Waals surface area contributed by atoms with Crippen LogP contribution in [-0.2, 0) is 4.74 Å². The molecule has 1 aromatic heterocycles. The molecule has 1 aliphatic rings. The molecule has 0 bridgehead atoms. The van der Waals surface area contributed by atoms with E-state index in [2.05, 4.69) is 34.0 Å². The van der Waals surface area contributed by atoms with Gasteiger partial charge in [-0.25, -0.2) is 4.98 Å². The lowest BCUT2D eigenvalue weighted by molar-refractivity contribution is 0.0820. The number of anilines is 2. The van der Waals surface area contributed by atoms with Gasteiger partial charge < -0.3 is 15.0 Å². The van der Waals surface area contributed by atoms with Gasteiger partial charge in [-0.2, -0.15) is 4.98 Å². The first-order valence-electron chi connectivity index (χ1n) is 6.64. The van der Waals surface area contributed by atoms with E-state index in [4.69, 9.17) is 4.74 Å². The molecular formula is C13H22N4O. The fraction of sp³-hybridized carbons (Fsp3) is 0.692. The first-order valence-corrected chi connectivity index (χ1v) is 6.64. The first kappa shape index (κ1) is 13.1. The predicted octanol–water partition coefficient (Wildman–Crippen LogP) is 1.83. The zero-order valence-electron chi connectivity index (χ0n) is 11.4. The van der Waals surface area contributed by atoms with Crippen LogP contribution in [0.1, 0.15) is 25.8 Å². The second-order valence-corrected chi connectivity index (χ2v) is 4.71. The average molecular weight is 250 g/mol. The van der Waals surface area contributed by atoms with Gasteiger partial charge in [0.15, 0.2) is 0 Å². The number of aromatic nitrogens is 2. The standard InChI is InChI=1S/C13H22N4O/c1-4-14-13-15-8-10(2)12(16-13)17-6-5-7-18-11(3)9-17/h8,11H,4-7,9H2,1-3H3,(H,14,15,16). The van der Waals surface area contributed by atoms with Crippen molar-refractivity contribution in [2.24, 2.45) is 0 Å². The van der Waals surface area contributed by atoms with Crippen molar-refractivity contribution in [1.29, 1.82) is 0 Å². The summed E-state index contributed by atoms with van der Waals surface area (Å²) in [5.74, 6) is 1.73. The van der Waals surface area contributed by atoms with Crippen molar-refractivity contribution >= 4 is 11.8 Å². The molecule has 0 aliphatic carbocycles. The van der Waals surface area contributed by atoms with E-state index >= 15 is 0 Å². The van der Waals surface area contributed by atoms with E-state index in [-0.39, 0.29) is 6.10 Å². The Labute approximate surface area is 109 Å². The van der Waals surface area contributed by atoms with Crippen LogP contribution in [0.15, 0.2) is 6.20 Å². The monoisotopic (exact) mass is 250 g/mol. The maximum atomic E-state index is 5.67. The Balaban J connectivity index is 2.21. The highest BCUT2D eigenvalue weighted by atomic mass is 16.5. The molecule has 2 rings (SSSR count). The minimum absolute atomic E-state index is 0.254. The Bertz CT molecular complexity index is 397. The van der Waals surface area contributed by atoms with Crippen LogP contribution in [0.2, 0.25) is 0 Å². The smallest absolute Gasteiger partial charge is 0.224 e. The number of hydrogen-bond acceptors (Lipinski definition) is 5. The lowest BCUT2D eigenvalue weighted by Crippen LogP contribution is -2.31. The van der Waals surface area contributed by atoms with Crippen molar-refractivity contribution in [2.75, 3.05) is 36.5 Å². The lowest BCUT2D eigenvalue weighted by atomic mass is 10.3. The summed E-state index contributed by atoms with van der Waals surface area (Å²) in [5, 5.41) is 3.16. The molecule has 5 heteroatoms. The van der Waals surface area contributed by atoms with Gasteiger partial charge in [0.1, 0.15) is 5.82 Å². The minimum atomic E-state index is 0.254. The number of hydrogen-bond donors (Lipinski definition) is 1. The highest BCUT2D eigenvalue weighted by molar-refractivity contribution is 5.49. The molecule has 100 valence electrons. The molecule has 5 nitrogen and oxygen atoms in total. The van der Waals surface area contributed by atoms with E-state index in [1.54, 1.807) is 0 Å². The Hall–Kier alpha value is -1.36. The van der Waals surface area contributed by atoms with E-state index < -0.39 is 0 Å². The van der Waals surface area contributed by atoms with Gasteiger partial charge in [-0.3, -0.25) is 0 Å². The van der Waals surface area contributed by atoms with Gasteiger partial charge >= 0.3 is 0 Å². The Kier molecular flexibility index (Phi) is 4.36. The van der Waals surface area contributed by atoms with E-state index in [1.807, 2.05) is 13.1 Å². The third-order valence-corrected chi connectivity index (χ3v) is 3.03. The van der Waals surface area contributed by atoms with E-state index in [1.165, 1.54) is 0 Å². The van der Waals surface area contributed by atoms with Crippen LogP contribution in [-0.4, -0.2) is 42.3 Å². The van der Waals surface area contributed by atoms with Crippen molar-refractivity contribution in [3.8, 4) is 0 Å². The summed E-state index contributed by atoms with van der Waals surface area (Å²) in [6, 6.07) is 0. The zero-order chi connectivity index (χ0) is 13.0. The molecule has 1 N–H and O–H groups in total. The zero-order valence-corrected chi connectivity index (χ0v) is 11.4. The maximum Gasteiger partial charge on any atom is 0.224 e. The highest BCUT2D eigenvalue weighted by Gasteiger charge is 2.18. The molecule has 0 saturated carbocycles. The SMILES string of the molecule is CCNc1ncc(C)c(N2CCCOC(C)C2)n1. The van der Waals surface area contributed by atoms with Gasteiger partial charge in [0, 0.05) is 38.0 Å². The van der Waals surface area contributed by atoms with Crippen molar-refractivity contribution in [3.05, 3.63) is 11.8 Å². The molecular weight excluding hydrogens is 228 g/mol. The van der Waals surface area contributed by atoms with Crippen LogP contribution in [0.5, 0.6) is 0 Å². The summed E-state index contributed by atoms with van der Waals surface area (Å²) in [6.07, 6.45) is 3.19. The fourth-order valence-corrected chi connectivity index (χ4v) is 2.18. The Morgan fingerprint density at radius 2 is 2.39 bits per heavy atom. The van der Waals surface area contributed by atoms with Gasteiger partial charge in [-0.1, -0.05) is 0 Å². The Morgan fingerprint density at radius 1 is 1.56 bits per heavy atom. The van der Waals surface area contributed by atoms with Gasteiger partial charge in [0.2, 0.25) is 5.95 Å². The Morgan fingerprint density at radius 3 is 3.17 bits per heavy atom. The molecule has 0 spiro atoms. The van der Waals surface area contributed by atoms with Crippen LogP contribution >= 0.6 is 0 Å². The summed E-state index contributed by atoms with van der Waals surface area (Å²) in [6.45, 7) is 9.77. The van der Waals surface area contributed by atoms with Crippen molar-refractivity contribution in [3.63, 3.8) is 0 Å². The largest absolute Gasteiger partial charge is 0.377 e. The number of ether oxygens (including phenoxy) is 1. The molecule has 1 saturated heterocycles. The van der Waals surface area contributed by atoms with Gasteiger partial charge in [0.05, 0.1) is 6.10 Å². The van der Waals surface area contributed by atoms with Crippen LogP contribution in [0.25, 0.3) is 0 Å². The van der Waals surface area contributed by atoms with E-state index in [9.17, 15) is 0 Å². The number of aryl methyl sites for hydroxylation is 1. The average Bonchev–Trinajstić information content (AvgIpc) is 2.57. The van der Waals surface area contributed by atoms with E-state index in [0.717, 1.165) is 44.0 Å². The third-order valence-electron chi connectivity index (χ3n) is 3.03. The second-order valence-electron chi connectivity index (χ2n) is 4.71. The number of nitrogens with zero attached hydrogens (tertiary/aromatic N) is 3. The van der Waals surface area contributed by atoms with Crippen molar-refractivity contribution in [1.82, 2.24) is 9.97 Å². The van der Waals surface area contributed by atoms with Gasteiger partial charge in [-0.05, 0) is 27.2 Å². The molecule has 0 amide bonds. The molecule has 0 aromatic carbocycles. The summed E-state index contributed by atoms with van der Waals surface area (Å²) >= 11 is 0. The fourth-order valence-electron chi connectivity index (χ4n) is 2.18. The molecule has 18 heavy (non-hydrogen) atoms. The quantitative estimate of drug-likeness (QED) is 0.887. The lowest BCUT2D eigenvalue weighted by Gasteiger charge is -2.25. The predicted molar refractivity (Wildman–Crippen MR) is 73.2 cm³/mol. The molecule has 1 atom stereocenters. The minimum Gasteiger partial charge on any atom is -0.377 e. The number of rotatable bonds is 3. The highest BCUT2D eigenvalue weighted by Crippen LogP contribution is 2.20. The molecule has 1 aromatic rings. The van der Waals surface area contributed by atoms with Crippen LogP contribution in [0.4, 0.5) is 11.8 Å². The summed E-state index contributed by atoms with van der Waals surface area (Å²) < 4.78 is 5.67. The first-order chi connectivity index (χ1) is 8.70. The van der Waals surface area contributed by atoms with Crippen molar-refractivity contribution in [2.45, 2.75) is 33.3 Å². The van der Waals surface area contributed by atoms with E-state index in [0.29, 0.717) is 5.95 Å². The molecule has 1 unspecified atom stereocenters. The third kappa shape index (κ3) is 3.10. The topological polar surface area (TPSA) is 50.3 Å². The van der Waals surface area contributed by atoms with Crippen LogP contribution in [0, 0.1) is 6.92 Å². The van der Waals surface area contributed by atoms with Crippen LogP contribution in [0.3, 0.4) is 0 Å². The summed E-state index contributed by atoms with van der Waals surface area (Å²) in [4.78, 5) is 11.2. The molecule has 1 aliphatic heterocycles. The summed E-state index contributed by atoms with van der Waals surface area (Å²) in [7, 11) is 0. The summed E-state index contributed by atoms with van der Waals surface area (Å²) in [5.41, 5.74) is 1.12. The van der Waals surface area contributed by atoms with Crippen LogP contribution < -0.4 is 10.2 Å². The normalized spacial score (nSPS) is 20.6. The second kappa shape index (κ2) is 6.00. The molecule has 2 heterocycles. The van der Waals surface area contributed by atoms with Gasteiger partial charge in [0.25, 0.3) is 0 Å². The number of nitrogens with one attached hydrogen (secondary N) is 1. The van der Waals surface area contributed by atoms with Crippen molar-refractivity contribution < 1.29 is 4.74 Å². The van der Waals surface area contributed by atoms with Gasteiger partial charge in [-0.15, -0.1) is 0 Å².